The Morgan fingerprint density at radius 3 is 2.37 bits per heavy atom. The maximum Gasteiger partial charge on any atom is 0.257 e. The summed E-state index contributed by atoms with van der Waals surface area (Å²) in [6.07, 6.45) is 3.02. The standard InChI is InChI=1S/C26H17F2N5O2/c27-17-6-8-21(28)20(12-17)24-32-22-9-7-19(13-23(22)33-24)31-25(34)15-3-1-5-18(11-15)30-26(35)16-4-2-10-29-14-16/h1-14H,(H,30,35)(H,31,34)(H,32,33). The Kier molecular flexibility index (Phi) is 5.72. The topological polar surface area (TPSA) is 99.8 Å². The highest BCUT2D eigenvalue weighted by atomic mass is 19.1. The molecule has 2 aromatic heterocycles. The van der Waals surface area contributed by atoms with E-state index in [0.29, 0.717) is 33.5 Å². The molecule has 9 heteroatoms. The van der Waals surface area contributed by atoms with Crippen molar-refractivity contribution in [2.45, 2.75) is 0 Å². The highest BCUT2D eigenvalue weighted by Gasteiger charge is 2.13. The van der Waals surface area contributed by atoms with Gasteiger partial charge in [0.2, 0.25) is 0 Å². The first-order chi connectivity index (χ1) is 17.0. The lowest BCUT2D eigenvalue weighted by Crippen LogP contribution is -2.14. The van der Waals surface area contributed by atoms with Crippen LogP contribution in [0.5, 0.6) is 0 Å². The molecule has 0 aliphatic rings. The lowest BCUT2D eigenvalue weighted by Gasteiger charge is -2.08. The summed E-state index contributed by atoms with van der Waals surface area (Å²) in [6.45, 7) is 0. The second kappa shape index (κ2) is 9.14. The van der Waals surface area contributed by atoms with Crippen molar-refractivity contribution in [3.63, 3.8) is 0 Å². The zero-order valence-corrected chi connectivity index (χ0v) is 18.0. The van der Waals surface area contributed by atoms with Crippen molar-refractivity contribution in [3.05, 3.63) is 108 Å². The number of hydrogen-bond donors (Lipinski definition) is 3. The maximum absolute atomic E-state index is 14.1. The first kappa shape index (κ1) is 21.9. The highest BCUT2D eigenvalue weighted by Crippen LogP contribution is 2.26. The van der Waals surface area contributed by atoms with E-state index in [9.17, 15) is 18.4 Å². The quantitative estimate of drug-likeness (QED) is 0.321. The van der Waals surface area contributed by atoms with E-state index >= 15 is 0 Å². The highest BCUT2D eigenvalue weighted by molar-refractivity contribution is 6.07. The number of pyridine rings is 1. The van der Waals surface area contributed by atoms with Crippen LogP contribution < -0.4 is 10.6 Å². The van der Waals surface area contributed by atoms with E-state index in [-0.39, 0.29) is 17.3 Å². The number of carbonyl (C=O) groups excluding carboxylic acids is 2. The first-order valence-corrected chi connectivity index (χ1v) is 10.5. The number of benzene rings is 3. The summed E-state index contributed by atoms with van der Waals surface area (Å²) in [4.78, 5) is 36.4. The van der Waals surface area contributed by atoms with Gasteiger partial charge in [0.15, 0.2) is 0 Å². The minimum absolute atomic E-state index is 0.0110. The lowest BCUT2D eigenvalue weighted by atomic mass is 10.1. The molecule has 0 fully saturated rings. The zero-order chi connectivity index (χ0) is 24.4. The Morgan fingerprint density at radius 2 is 1.57 bits per heavy atom. The van der Waals surface area contributed by atoms with E-state index in [1.54, 1.807) is 60.8 Å². The van der Waals surface area contributed by atoms with Gasteiger partial charge < -0.3 is 15.6 Å². The molecular weight excluding hydrogens is 452 g/mol. The lowest BCUT2D eigenvalue weighted by molar-refractivity contribution is 0.101. The first-order valence-electron chi connectivity index (χ1n) is 10.5. The van der Waals surface area contributed by atoms with Crippen LogP contribution >= 0.6 is 0 Å². The summed E-state index contributed by atoms with van der Waals surface area (Å²) in [5.74, 6) is -1.73. The van der Waals surface area contributed by atoms with Crippen LogP contribution in [0, 0.1) is 11.6 Å². The molecule has 5 rings (SSSR count). The molecule has 0 bridgehead atoms. The number of aromatic amines is 1. The molecule has 0 aliphatic carbocycles. The molecule has 172 valence electrons. The van der Waals surface area contributed by atoms with Crippen molar-refractivity contribution in [2.24, 2.45) is 0 Å². The van der Waals surface area contributed by atoms with Crippen LogP contribution in [-0.4, -0.2) is 26.8 Å². The van der Waals surface area contributed by atoms with E-state index in [1.165, 1.54) is 6.20 Å². The van der Waals surface area contributed by atoms with Crippen molar-refractivity contribution in [1.29, 1.82) is 0 Å². The van der Waals surface area contributed by atoms with Gasteiger partial charge in [-0.1, -0.05) is 6.07 Å². The van der Waals surface area contributed by atoms with Gasteiger partial charge >= 0.3 is 0 Å². The normalized spacial score (nSPS) is 10.8. The second-order valence-corrected chi connectivity index (χ2v) is 7.67. The number of carbonyl (C=O) groups is 2. The Morgan fingerprint density at radius 1 is 0.800 bits per heavy atom. The molecule has 0 unspecified atom stereocenters. The Hall–Kier alpha value is -4.92. The average molecular weight is 469 g/mol. The smallest absolute Gasteiger partial charge is 0.257 e. The van der Waals surface area contributed by atoms with Crippen molar-refractivity contribution >= 4 is 34.2 Å². The van der Waals surface area contributed by atoms with Gasteiger partial charge in [0.1, 0.15) is 17.5 Å². The SMILES string of the molecule is O=C(Nc1cccc(C(=O)Nc2ccc3nc(-c4cc(F)ccc4F)[nH]c3c2)c1)c1cccnc1. The summed E-state index contributed by atoms with van der Waals surface area (Å²) in [6, 6.07) is 17.9. The molecule has 35 heavy (non-hydrogen) atoms. The van der Waals surface area contributed by atoms with E-state index in [0.717, 1.165) is 18.2 Å². The molecule has 3 N–H and O–H groups in total. The third kappa shape index (κ3) is 4.74. The third-order valence-corrected chi connectivity index (χ3v) is 5.23. The number of H-pyrrole nitrogens is 1. The van der Waals surface area contributed by atoms with Gasteiger partial charge in [-0.05, 0) is 66.7 Å². The number of anilines is 2. The zero-order valence-electron chi connectivity index (χ0n) is 18.0. The van der Waals surface area contributed by atoms with Gasteiger partial charge in [-0.3, -0.25) is 14.6 Å². The Labute approximate surface area is 197 Å². The van der Waals surface area contributed by atoms with E-state index in [4.69, 9.17) is 0 Å². The molecule has 5 aromatic rings. The predicted octanol–water partition coefficient (Wildman–Crippen LogP) is 5.41. The number of hydrogen-bond acceptors (Lipinski definition) is 4. The molecule has 3 aromatic carbocycles. The number of rotatable bonds is 5. The molecule has 0 saturated heterocycles. The molecule has 0 atom stereocenters. The van der Waals surface area contributed by atoms with Crippen LogP contribution in [0.15, 0.2) is 85.2 Å². The van der Waals surface area contributed by atoms with Gasteiger partial charge in [0, 0.05) is 29.3 Å². The fourth-order valence-corrected chi connectivity index (χ4v) is 3.54. The average Bonchev–Trinajstić information content (AvgIpc) is 3.29. The van der Waals surface area contributed by atoms with Crippen molar-refractivity contribution < 1.29 is 18.4 Å². The molecule has 2 amide bonds. The van der Waals surface area contributed by atoms with Crippen molar-refractivity contribution in [2.75, 3.05) is 10.6 Å². The van der Waals surface area contributed by atoms with Crippen LogP contribution in [-0.2, 0) is 0 Å². The van der Waals surface area contributed by atoms with Crippen LogP contribution in [0.4, 0.5) is 20.2 Å². The molecule has 0 aliphatic heterocycles. The molecule has 0 spiro atoms. The fourth-order valence-electron chi connectivity index (χ4n) is 3.54. The summed E-state index contributed by atoms with van der Waals surface area (Å²) in [5, 5.41) is 5.53. The number of nitrogens with one attached hydrogen (secondary N) is 3. The number of imidazole rings is 1. The third-order valence-electron chi connectivity index (χ3n) is 5.23. The summed E-state index contributed by atoms with van der Waals surface area (Å²) >= 11 is 0. The Bertz CT molecular complexity index is 1570. The van der Waals surface area contributed by atoms with Gasteiger partial charge in [-0.2, -0.15) is 0 Å². The van der Waals surface area contributed by atoms with Crippen LogP contribution in [0.3, 0.4) is 0 Å². The fraction of sp³-hybridized carbons (Fsp3) is 0. The van der Waals surface area contributed by atoms with Crippen LogP contribution in [0.25, 0.3) is 22.4 Å². The van der Waals surface area contributed by atoms with Crippen molar-refractivity contribution in [3.8, 4) is 11.4 Å². The minimum atomic E-state index is -0.602. The van der Waals surface area contributed by atoms with Gasteiger partial charge in [0.05, 0.1) is 22.2 Å². The van der Waals surface area contributed by atoms with Gasteiger partial charge in [-0.15, -0.1) is 0 Å². The molecule has 7 nitrogen and oxygen atoms in total. The molecular formula is C26H17F2N5O2. The number of aromatic nitrogens is 3. The molecule has 0 radical (unpaired) electrons. The summed E-state index contributed by atoms with van der Waals surface area (Å²) in [7, 11) is 0. The largest absolute Gasteiger partial charge is 0.338 e. The summed E-state index contributed by atoms with van der Waals surface area (Å²) in [5.41, 5.74) is 2.74. The second-order valence-electron chi connectivity index (χ2n) is 7.67. The Balaban J connectivity index is 1.33. The molecule has 2 heterocycles. The van der Waals surface area contributed by atoms with Crippen molar-refractivity contribution in [1.82, 2.24) is 15.0 Å². The molecule has 0 saturated carbocycles. The van der Waals surface area contributed by atoms with Crippen LogP contribution in [0.2, 0.25) is 0 Å². The number of halogens is 2. The maximum atomic E-state index is 14.1. The minimum Gasteiger partial charge on any atom is -0.338 e. The van der Waals surface area contributed by atoms with Gasteiger partial charge in [0.25, 0.3) is 11.8 Å². The van der Waals surface area contributed by atoms with E-state index in [1.807, 2.05) is 0 Å². The van der Waals surface area contributed by atoms with E-state index < -0.39 is 17.5 Å². The monoisotopic (exact) mass is 469 g/mol. The van der Waals surface area contributed by atoms with Crippen LogP contribution in [0.1, 0.15) is 20.7 Å². The number of amides is 2. The predicted molar refractivity (Wildman–Crippen MR) is 128 cm³/mol. The van der Waals surface area contributed by atoms with Gasteiger partial charge in [-0.25, -0.2) is 13.8 Å². The number of fused-ring (bicyclic) bond motifs is 1. The van der Waals surface area contributed by atoms with E-state index in [2.05, 4.69) is 25.6 Å². The number of nitrogens with zero attached hydrogens (tertiary/aromatic N) is 2. The summed E-state index contributed by atoms with van der Waals surface area (Å²) < 4.78 is 27.7.